The van der Waals surface area contributed by atoms with Crippen LogP contribution < -0.4 is 15.8 Å². The van der Waals surface area contributed by atoms with Gasteiger partial charge in [0.25, 0.3) is 5.91 Å². The predicted molar refractivity (Wildman–Crippen MR) is 117 cm³/mol. The Morgan fingerprint density at radius 3 is 2.52 bits per heavy atom. The highest BCUT2D eigenvalue weighted by atomic mass is 35.5. The number of aromatic nitrogens is 3. The zero-order valence-corrected chi connectivity index (χ0v) is 17.7. The lowest BCUT2D eigenvalue weighted by Crippen LogP contribution is -2.14. The van der Waals surface area contributed by atoms with E-state index in [0.717, 1.165) is 0 Å². The molecular formula is C20H23Cl2N5O2. The number of nitrogens with one attached hydrogen (secondary N) is 1. The molecule has 0 fully saturated rings. The first-order valence-electron chi connectivity index (χ1n) is 8.95. The summed E-state index contributed by atoms with van der Waals surface area (Å²) in [5.41, 5.74) is 6.71. The smallest absolute Gasteiger partial charge is 0.295 e. The quantitative estimate of drug-likeness (QED) is 0.583. The first-order valence-corrected chi connectivity index (χ1v) is 9.33. The molecule has 0 unspecified atom stereocenters. The van der Waals surface area contributed by atoms with Crippen molar-refractivity contribution in [2.45, 2.75) is 19.8 Å². The van der Waals surface area contributed by atoms with Crippen LogP contribution in [-0.2, 0) is 0 Å². The number of carbonyl (C=O) groups excluding carboxylic acids is 1. The van der Waals surface area contributed by atoms with Crippen LogP contribution >= 0.6 is 24.0 Å². The summed E-state index contributed by atoms with van der Waals surface area (Å²) < 4.78 is 7.04. The molecule has 154 valence electrons. The largest absolute Gasteiger partial charge is 0.492 e. The van der Waals surface area contributed by atoms with Crippen molar-refractivity contribution < 1.29 is 9.53 Å². The van der Waals surface area contributed by atoms with Crippen LogP contribution in [0.15, 0.2) is 48.5 Å². The molecule has 7 nitrogen and oxygen atoms in total. The summed E-state index contributed by atoms with van der Waals surface area (Å²) >= 11 is 6.30. The summed E-state index contributed by atoms with van der Waals surface area (Å²) in [5, 5.41) is 7.72. The average molecular weight is 436 g/mol. The van der Waals surface area contributed by atoms with E-state index in [4.69, 9.17) is 22.1 Å². The fourth-order valence-corrected chi connectivity index (χ4v) is 2.81. The highest BCUT2D eigenvalue weighted by Crippen LogP contribution is 2.24. The van der Waals surface area contributed by atoms with Crippen molar-refractivity contribution in [2.24, 2.45) is 5.73 Å². The lowest BCUT2D eigenvalue weighted by molar-refractivity contribution is 0.101. The Balaban J connectivity index is 0.00000300. The van der Waals surface area contributed by atoms with Crippen LogP contribution in [0.5, 0.6) is 5.75 Å². The molecule has 0 bridgehead atoms. The number of nitrogens with two attached hydrogens (primary N) is 1. The van der Waals surface area contributed by atoms with Gasteiger partial charge in [-0.1, -0.05) is 37.6 Å². The molecular weight excluding hydrogens is 413 g/mol. The second-order valence-corrected chi connectivity index (χ2v) is 6.83. The van der Waals surface area contributed by atoms with Crippen LogP contribution in [0.2, 0.25) is 5.02 Å². The molecule has 3 N–H and O–H groups in total. The predicted octanol–water partition coefficient (Wildman–Crippen LogP) is 4.06. The van der Waals surface area contributed by atoms with Crippen LogP contribution in [0.4, 0.5) is 5.69 Å². The summed E-state index contributed by atoms with van der Waals surface area (Å²) in [7, 11) is 0. The number of rotatable bonds is 7. The second kappa shape index (κ2) is 10.2. The van der Waals surface area contributed by atoms with Gasteiger partial charge in [0.05, 0.1) is 10.7 Å². The minimum Gasteiger partial charge on any atom is -0.492 e. The Morgan fingerprint density at radius 1 is 1.21 bits per heavy atom. The zero-order chi connectivity index (χ0) is 20.1. The van der Waals surface area contributed by atoms with Crippen LogP contribution in [0.3, 0.4) is 0 Å². The van der Waals surface area contributed by atoms with Gasteiger partial charge >= 0.3 is 0 Å². The SMILES string of the molecule is CC(C)c1nc(C(=O)Nc2ccc(OCCN)cc2)nn1-c1ccccc1Cl.Cl. The summed E-state index contributed by atoms with van der Waals surface area (Å²) in [4.78, 5) is 17.1. The van der Waals surface area contributed by atoms with Gasteiger partial charge in [0.1, 0.15) is 18.2 Å². The maximum atomic E-state index is 12.6. The minimum atomic E-state index is -0.400. The highest BCUT2D eigenvalue weighted by molar-refractivity contribution is 6.32. The minimum absolute atomic E-state index is 0. The molecule has 0 spiro atoms. The maximum absolute atomic E-state index is 12.6. The number of carbonyl (C=O) groups is 1. The number of hydrogen-bond donors (Lipinski definition) is 2. The van der Waals surface area contributed by atoms with Crippen LogP contribution in [0.1, 0.15) is 36.2 Å². The van der Waals surface area contributed by atoms with Gasteiger partial charge in [0, 0.05) is 18.2 Å². The van der Waals surface area contributed by atoms with Crippen molar-refractivity contribution in [3.05, 3.63) is 65.2 Å². The van der Waals surface area contributed by atoms with Crippen LogP contribution in [-0.4, -0.2) is 33.8 Å². The van der Waals surface area contributed by atoms with E-state index in [1.165, 1.54) is 0 Å². The van der Waals surface area contributed by atoms with Crippen molar-refractivity contribution in [3.8, 4) is 11.4 Å². The second-order valence-electron chi connectivity index (χ2n) is 6.43. The number of ether oxygens (including phenoxy) is 1. The van der Waals surface area contributed by atoms with Crippen molar-refractivity contribution in [2.75, 3.05) is 18.5 Å². The first-order chi connectivity index (χ1) is 13.5. The third-order valence-electron chi connectivity index (χ3n) is 3.93. The Hall–Kier alpha value is -2.61. The normalized spacial score (nSPS) is 10.5. The van der Waals surface area contributed by atoms with Crippen molar-refractivity contribution in [1.82, 2.24) is 14.8 Å². The number of anilines is 1. The van der Waals surface area contributed by atoms with Gasteiger partial charge in [-0.2, -0.15) is 0 Å². The average Bonchev–Trinajstić information content (AvgIpc) is 3.13. The van der Waals surface area contributed by atoms with Crippen molar-refractivity contribution in [3.63, 3.8) is 0 Å². The highest BCUT2D eigenvalue weighted by Gasteiger charge is 2.20. The Kier molecular flexibility index (Phi) is 8.01. The number of hydrogen-bond acceptors (Lipinski definition) is 5. The van der Waals surface area contributed by atoms with Gasteiger partial charge in [-0.05, 0) is 36.4 Å². The molecule has 0 aliphatic carbocycles. The van der Waals surface area contributed by atoms with Gasteiger partial charge < -0.3 is 15.8 Å². The molecule has 0 saturated carbocycles. The maximum Gasteiger partial charge on any atom is 0.295 e. The molecule has 29 heavy (non-hydrogen) atoms. The van der Waals surface area contributed by atoms with E-state index in [1.807, 2.05) is 32.0 Å². The van der Waals surface area contributed by atoms with Crippen LogP contribution in [0, 0.1) is 0 Å². The van der Waals surface area contributed by atoms with E-state index in [9.17, 15) is 4.79 Å². The van der Waals surface area contributed by atoms with E-state index in [0.29, 0.717) is 41.1 Å². The Labute approximate surface area is 180 Å². The molecule has 0 aliphatic rings. The fourth-order valence-electron chi connectivity index (χ4n) is 2.59. The topological polar surface area (TPSA) is 95.1 Å². The molecule has 1 amide bonds. The first kappa shape index (κ1) is 22.7. The molecule has 0 saturated heterocycles. The summed E-state index contributed by atoms with van der Waals surface area (Å²) in [6, 6.07) is 14.3. The molecule has 3 aromatic rings. The molecule has 0 atom stereocenters. The Bertz CT molecular complexity index is 958. The zero-order valence-electron chi connectivity index (χ0n) is 16.1. The Morgan fingerprint density at radius 2 is 1.90 bits per heavy atom. The monoisotopic (exact) mass is 435 g/mol. The lowest BCUT2D eigenvalue weighted by atomic mass is 10.2. The molecule has 9 heteroatoms. The summed E-state index contributed by atoms with van der Waals surface area (Å²) in [6.07, 6.45) is 0. The molecule has 0 radical (unpaired) electrons. The van der Waals surface area contributed by atoms with E-state index < -0.39 is 5.91 Å². The molecule has 3 rings (SSSR count). The van der Waals surface area contributed by atoms with E-state index >= 15 is 0 Å². The number of para-hydroxylation sites is 1. The number of nitrogens with zero attached hydrogens (tertiary/aromatic N) is 3. The van der Waals surface area contributed by atoms with E-state index in [2.05, 4.69) is 15.4 Å². The lowest BCUT2D eigenvalue weighted by Gasteiger charge is -2.09. The van der Waals surface area contributed by atoms with E-state index in [-0.39, 0.29) is 24.1 Å². The van der Waals surface area contributed by atoms with Gasteiger partial charge in [0.2, 0.25) is 5.82 Å². The third-order valence-corrected chi connectivity index (χ3v) is 4.25. The molecule has 1 aromatic heterocycles. The van der Waals surface area contributed by atoms with Gasteiger partial charge in [-0.15, -0.1) is 17.5 Å². The van der Waals surface area contributed by atoms with E-state index in [1.54, 1.807) is 35.0 Å². The molecule has 2 aromatic carbocycles. The van der Waals surface area contributed by atoms with Gasteiger partial charge in [-0.3, -0.25) is 4.79 Å². The van der Waals surface area contributed by atoms with Crippen LogP contribution in [0.25, 0.3) is 5.69 Å². The number of halogens is 2. The summed E-state index contributed by atoms with van der Waals surface area (Å²) in [6.45, 7) is 4.85. The molecule has 1 heterocycles. The summed E-state index contributed by atoms with van der Waals surface area (Å²) in [5.74, 6) is 1.08. The van der Waals surface area contributed by atoms with Crippen molar-refractivity contribution in [1.29, 1.82) is 0 Å². The van der Waals surface area contributed by atoms with Crippen molar-refractivity contribution >= 4 is 35.6 Å². The van der Waals surface area contributed by atoms with Gasteiger partial charge in [-0.25, -0.2) is 9.67 Å². The molecule has 0 aliphatic heterocycles. The number of amides is 1. The third kappa shape index (κ3) is 5.47. The van der Waals surface area contributed by atoms with Gasteiger partial charge in [0.15, 0.2) is 0 Å². The fraction of sp³-hybridized carbons (Fsp3) is 0.250. The standard InChI is InChI=1S/C20H22ClN5O2.ClH/c1-13(2)19-24-18(25-26(19)17-6-4-3-5-16(17)21)20(27)23-14-7-9-15(10-8-14)28-12-11-22;/h3-10,13H,11-12,22H2,1-2H3,(H,23,27);1H. The number of benzene rings is 2.